The second-order valence-corrected chi connectivity index (χ2v) is 6.12. The number of hydrogen-bond donors (Lipinski definition) is 1. The smallest absolute Gasteiger partial charge is 0.241 e. The normalized spacial score (nSPS) is 14.6. The number of nitrogens with zero attached hydrogens (tertiary/aromatic N) is 1. The molecule has 0 spiro atoms. The van der Waals surface area contributed by atoms with E-state index in [0.717, 1.165) is 46.3 Å². The predicted octanol–water partition coefficient (Wildman–Crippen LogP) is 3.25. The molecule has 1 aromatic carbocycles. The Morgan fingerprint density at radius 1 is 1.32 bits per heavy atom. The molecule has 0 aliphatic carbocycles. The van der Waals surface area contributed by atoms with Crippen molar-refractivity contribution in [3.8, 4) is 5.75 Å². The fourth-order valence-corrected chi connectivity index (χ4v) is 3.37. The number of methoxy groups -OCH3 is 1. The monoisotopic (exact) mass is 390 g/mol. The lowest BCUT2D eigenvalue weighted by molar-refractivity contribution is -0.128. The van der Waals surface area contributed by atoms with Gasteiger partial charge in [0.25, 0.3) is 0 Å². The fourth-order valence-electron chi connectivity index (χ4n) is 2.07. The van der Waals surface area contributed by atoms with E-state index >= 15 is 0 Å². The molecule has 1 aromatic rings. The number of ether oxygens (including phenoxy) is 1. The molecule has 0 saturated carbocycles. The van der Waals surface area contributed by atoms with Crippen LogP contribution in [0.15, 0.2) is 21.1 Å². The standard InChI is InChI=1S/C13H16Br2N2O2/c1-19-12-7-11(9(14)6-10(12)15)16-8-13(18)17-4-2-3-5-17/h6-7,16H,2-5,8H2,1H3. The van der Waals surface area contributed by atoms with E-state index in [1.165, 1.54) is 0 Å². The number of hydrogen-bond acceptors (Lipinski definition) is 3. The first-order valence-corrected chi connectivity index (χ1v) is 7.75. The van der Waals surface area contributed by atoms with Crippen LogP contribution in [0.4, 0.5) is 5.69 Å². The van der Waals surface area contributed by atoms with Crippen LogP contribution in [0.2, 0.25) is 0 Å². The van der Waals surface area contributed by atoms with Gasteiger partial charge in [-0.15, -0.1) is 0 Å². The summed E-state index contributed by atoms with van der Waals surface area (Å²) < 4.78 is 7.02. The third-order valence-corrected chi connectivity index (χ3v) is 4.41. The number of rotatable bonds is 4. The summed E-state index contributed by atoms with van der Waals surface area (Å²) >= 11 is 6.89. The second-order valence-electron chi connectivity index (χ2n) is 4.41. The molecular formula is C13H16Br2N2O2. The largest absolute Gasteiger partial charge is 0.495 e. The summed E-state index contributed by atoms with van der Waals surface area (Å²) in [7, 11) is 1.62. The van der Waals surface area contributed by atoms with Gasteiger partial charge < -0.3 is 15.0 Å². The maximum Gasteiger partial charge on any atom is 0.241 e. The van der Waals surface area contributed by atoms with Gasteiger partial charge in [-0.25, -0.2) is 0 Å². The van der Waals surface area contributed by atoms with Crippen LogP contribution >= 0.6 is 31.9 Å². The predicted molar refractivity (Wildman–Crippen MR) is 82.7 cm³/mol. The van der Waals surface area contributed by atoms with Crippen LogP contribution in [0.25, 0.3) is 0 Å². The van der Waals surface area contributed by atoms with E-state index in [1.807, 2.05) is 17.0 Å². The van der Waals surface area contributed by atoms with Gasteiger partial charge in [0.2, 0.25) is 5.91 Å². The van der Waals surface area contributed by atoms with E-state index in [-0.39, 0.29) is 5.91 Å². The van der Waals surface area contributed by atoms with Gasteiger partial charge in [0, 0.05) is 23.6 Å². The van der Waals surface area contributed by atoms with Gasteiger partial charge in [0.15, 0.2) is 0 Å². The summed E-state index contributed by atoms with van der Waals surface area (Å²) in [5.74, 6) is 0.880. The van der Waals surface area contributed by atoms with E-state index in [2.05, 4.69) is 37.2 Å². The van der Waals surface area contributed by atoms with Crippen molar-refractivity contribution in [3.05, 3.63) is 21.1 Å². The number of halogens is 2. The molecule has 0 bridgehead atoms. The first kappa shape index (κ1) is 14.7. The van der Waals surface area contributed by atoms with Crippen LogP contribution < -0.4 is 10.1 Å². The van der Waals surface area contributed by atoms with Crippen LogP contribution in [0.3, 0.4) is 0 Å². The van der Waals surface area contributed by atoms with Gasteiger partial charge in [0.05, 0.1) is 23.8 Å². The van der Waals surface area contributed by atoms with Crippen molar-refractivity contribution < 1.29 is 9.53 Å². The van der Waals surface area contributed by atoms with Crippen molar-refractivity contribution in [1.29, 1.82) is 0 Å². The van der Waals surface area contributed by atoms with Gasteiger partial charge >= 0.3 is 0 Å². The van der Waals surface area contributed by atoms with Crippen molar-refractivity contribution >= 4 is 43.5 Å². The van der Waals surface area contributed by atoms with Crippen LogP contribution in [0, 0.1) is 0 Å². The van der Waals surface area contributed by atoms with E-state index in [0.29, 0.717) is 6.54 Å². The minimum absolute atomic E-state index is 0.145. The zero-order chi connectivity index (χ0) is 13.8. The Kier molecular flexibility index (Phi) is 5.10. The van der Waals surface area contributed by atoms with Crippen LogP contribution in [0.1, 0.15) is 12.8 Å². The Hall–Kier alpha value is -0.750. The first-order valence-electron chi connectivity index (χ1n) is 6.16. The quantitative estimate of drug-likeness (QED) is 0.856. The summed E-state index contributed by atoms with van der Waals surface area (Å²) in [5, 5.41) is 3.15. The van der Waals surface area contributed by atoms with Crippen LogP contribution in [0.5, 0.6) is 5.75 Å². The zero-order valence-electron chi connectivity index (χ0n) is 10.7. The summed E-state index contributed by atoms with van der Waals surface area (Å²) in [4.78, 5) is 13.9. The molecule has 1 aliphatic rings. The molecule has 0 atom stereocenters. The molecule has 0 radical (unpaired) electrons. The molecular weight excluding hydrogens is 376 g/mol. The lowest BCUT2D eigenvalue weighted by Gasteiger charge is -2.17. The average Bonchev–Trinajstić information content (AvgIpc) is 2.91. The highest BCUT2D eigenvalue weighted by molar-refractivity contribution is 9.11. The Balaban J connectivity index is 2.00. The van der Waals surface area contributed by atoms with Gasteiger partial charge in [-0.05, 0) is 50.8 Å². The summed E-state index contributed by atoms with van der Waals surface area (Å²) in [5.41, 5.74) is 0.854. The maximum atomic E-state index is 12.0. The Morgan fingerprint density at radius 3 is 2.63 bits per heavy atom. The Bertz CT molecular complexity index is 474. The number of nitrogens with one attached hydrogen (secondary N) is 1. The number of amides is 1. The van der Waals surface area contributed by atoms with Crippen molar-refractivity contribution in [1.82, 2.24) is 4.90 Å². The van der Waals surface area contributed by atoms with E-state index in [4.69, 9.17) is 4.74 Å². The molecule has 104 valence electrons. The summed E-state index contributed by atoms with van der Waals surface area (Å²) in [6.45, 7) is 2.07. The third-order valence-electron chi connectivity index (χ3n) is 3.13. The molecule has 1 N–H and O–H groups in total. The van der Waals surface area contributed by atoms with Crippen LogP contribution in [-0.2, 0) is 4.79 Å². The molecule has 1 amide bonds. The lowest BCUT2D eigenvalue weighted by atomic mass is 10.3. The molecule has 0 aromatic heterocycles. The SMILES string of the molecule is COc1cc(NCC(=O)N2CCCC2)c(Br)cc1Br. The van der Waals surface area contributed by atoms with E-state index in [9.17, 15) is 4.79 Å². The lowest BCUT2D eigenvalue weighted by Crippen LogP contribution is -2.33. The van der Waals surface area contributed by atoms with Crippen molar-refractivity contribution in [2.24, 2.45) is 0 Å². The first-order chi connectivity index (χ1) is 9.11. The Morgan fingerprint density at radius 2 is 2.00 bits per heavy atom. The van der Waals surface area contributed by atoms with Gasteiger partial charge in [-0.1, -0.05) is 0 Å². The van der Waals surface area contributed by atoms with Crippen LogP contribution in [-0.4, -0.2) is 37.6 Å². The van der Waals surface area contributed by atoms with Crippen molar-refractivity contribution in [3.63, 3.8) is 0 Å². The molecule has 1 saturated heterocycles. The van der Waals surface area contributed by atoms with Gasteiger partial charge in [-0.3, -0.25) is 4.79 Å². The molecule has 2 rings (SSSR count). The Labute approximate surface area is 129 Å². The topological polar surface area (TPSA) is 41.6 Å². The fraction of sp³-hybridized carbons (Fsp3) is 0.462. The highest BCUT2D eigenvalue weighted by Crippen LogP contribution is 2.34. The molecule has 1 aliphatic heterocycles. The molecule has 6 heteroatoms. The third kappa shape index (κ3) is 3.63. The highest BCUT2D eigenvalue weighted by atomic mass is 79.9. The number of carbonyl (C=O) groups is 1. The minimum atomic E-state index is 0.145. The molecule has 1 fully saturated rings. The van der Waals surface area contributed by atoms with Gasteiger partial charge in [0.1, 0.15) is 5.75 Å². The number of carbonyl (C=O) groups excluding carboxylic acids is 1. The zero-order valence-corrected chi connectivity index (χ0v) is 13.9. The van der Waals surface area contributed by atoms with Crippen molar-refractivity contribution in [2.45, 2.75) is 12.8 Å². The molecule has 19 heavy (non-hydrogen) atoms. The van der Waals surface area contributed by atoms with Crippen molar-refractivity contribution in [2.75, 3.05) is 32.1 Å². The van der Waals surface area contributed by atoms with E-state index in [1.54, 1.807) is 7.11 Å². The molecule has 4 nitrogen and oxygen atoms in total. The number of anilines is 1. The molecule has 1 heterocycles. The molecule has 0 unspecified atom stereocenters. The average molecular weight is 392 g/mol. The summed E-state index contributed by atoms with van der Waals surface area (Å²) in [6.07, 6.45) is 2.23. The number of benzene rings is 1. The maximum absolute atomic E-state index is 12.0. The van der Waals surface area contributed by atoms with E-state index < -0.39 is 0 Å². The number of likely N-dealkylation sites (tertiary alicyclic amines) is 1. The summed E-state index contributed by atoms with van der Waals surface area (Å²) in [6, 6.07) is 3.77. The van der Waals surface area contributed by atoms with Gasteiger partial charge in [-0.2, -0.15) is 0 Å². The minimum Gasteiger partial charge on any atom is -0.495 e. The highest BCUT2D eigenvalue weighted by Gasteiger charge is 2.17. The second kappa shape index (κ2) is 6.61.